The molecule has 4 heteroatoms. The fraction of sp³-hybridized carbons (Fsp3) is 1.00. The highest BCUT2D eigenvalue weighted by atomic mass is 32.3. The van der Waals surface area contributed by atoms with Gasteiger partial charge in [-0.25, -0.2) is 0 Å². The van der Waals surface area contributed by atoms with Crippen molar-refractivity contribution >= 4 is 10.2 Å². The Bertz CT molecular complexity index is 217. The summed E-state index contributed by atoms with van der Waals surface area (Å²) in [4.78, 5) is 0. The fourth-order valence-corrected chi connectivity index (χ4v) is 2.29. The maximum Gasteiger partial charge on any atom is 0.305 e. The van der Waals surface area contributed by atoms with Crippen LogP contribution in [0.4, 0.5) is 3.89 Å². The van der Waals surface area contributed by atoms with Gasteiger partial charge in [0.05, 0.1) is 5.25 Å². The van der Waals surface area contributed by atoms with Crippen LogP contribution in [0.3, 0.4) is 0 Å². The molecule has 0 spiro atoms. The first-order valence-electron chi connectivity index (χ1n) is 2.77. The lowest BCUT2D eigenvalue weighted by Crippen LogP contribution is -2.04. The smallest absolute Gasteiger partial charge is 0.195 e. The van der Waals surface area contributed by atoms with Crippen LogP contribution in [-0.2, 0) is 10.2 Å². The molecule has 0 radical (unpaired) electrons. The Hall–Kier alpha value is -0.120. The van der Waals surface area contributed by atoms with Crippen LogP contribution in [0, 0.1) is 5.41 Å². The lowest BCUT2D eigenvalue weighted by molar-refractivity contribution is 0.537. The molecule has 0 N–H and O–H groups in total. The van der Waals surface area contributed by atoms with Crippen LogP contribution in [0.15, 0.2) is 0 Å². The minimum Gasteiger partial charge on any atom is -0.195 e. The van der Waals surface area contributed by atoms with Gasteiger partial charge in [-0.15, -0.1) is 3.89 Å². The summed E-state index contributed by atoms with van der Waals surface area (Å²) in [6, 6.07) is 0. The maximum absolute atomic E-state index is 12.0. The molecule has 0 heterocycles. The van der Waals surface area contributed by atoms with Gasteiger partial charge in [-0.2, -0.15) is 8.42 Å². The molecule has 1 rings (SSSR count). The standard InChI is InChI=1S/C5H9FO2S/c1-5(2)3-4(5)9(6,7)8/h4H,3H2,1-2H3. The van der Waals surface area contributed by atoms with Crippen LogP contribution in [0.5, 0.6) is 0 Å². The summed E-state index contributed by atoms with van der Waals surface area (Å²) in [5, 5.41) is -0.731. The Kier molecular flexibility index (Phi) is 1.15. The van der Waals surface area contributed by atoms with Crippen molar-refractivity contribution in [3.05, 3.63) is 0 Å². The monoisotopic (exact) mass is 152 g/mol. The molecule has 0 aromatic heterocycles. The summed E-state index contributed by atoms with van der Waals surface area (Å²) in [7, 11) is -4.24. The molecule has 1 aliphatic rings. The van der Waals surface area contributed by atoms with Gasteiger partial charge < -0.3 is 0 Å². The first-order valence-corrected chi connectivity index (χ1v) is 4.22. The molecule has 2 nitrogen and oxygen atoms in total. The van der Waals surface area contributed by atoms with Gasteiger partial charge >= 0.3 is 10.2 Å². The zero-order chi connectivity index (χ0) is 7.28. The van der Waals surface area contributed by atoms with E-state index in [1.807, 2.05) is 0 Å². The molecule has 1 aliphatic carbocycles. The van der Waals surface area contributed by atoms with E-state index < -0.39 is 15.5 Å². The molecular weight excluding hydrogens is 143 g/mol. The SMILES string of the molecule is CC1(C)CC1S(=O)(=O)F. The molecule has 0 bridgehead atoms. The molecule has 1 saturated carbocycles. The van der Waals surface area contributed by atoms with Gasteiger partial charge in [-0.1, -0.05) is 13.8 Å². The van der Waals surface area contributed by atoms with Crippen LogP contribution in [0.25, 0.3) is 0 Å². The predicted octanol–water partition coefficient (Wildman–Crippen LogP) is 1.08. The molecule has 9 heavy (non-hydrogen) atoms. The maximum atomic E-state index is 12.0. The highest BCUT2D eigenvalue weighted by molar-refractivity contribution is 7.87. The first kappa shape index (κ1) is 6.99. The number of halogens is 1. The normalized spacial score (nSPS) is 32.1. The average molecular weight is 152 g/mol. The summed E-state index contributed by atoms with van der Waals surface area (Å²) in [5.41, 5.74) is -0.312. The summed E-state index contributed by atoms with van der Waals surface area (Å²) < 4.78 is 32.3. The van der Waals surface area contributed by atoms with Gasteiger partial charge in [0.1, 0.15) is 0 Å². The number of rotatable bonds is 1. The van der Waals surface area contributed by atoms with E-state index in [0.29, 0.717) is 6.42 Å². The Morgan fingerprint density at radius 2 is 1.89 bits per heavy atom. The van der Waals surface area contributed by atoms with Gasteiger partial charge in [0, 0.05) is 0 Å². The van der Waals surface area contributed by atoms with Crippen LogP contribution in [0.1, 0.15) is 20.3 Å². The highest BCUT2D eigenvalue weighted by Crippen LogP contribution is 2.50. The minimum atomic E-state index is -4.24. The number of hydrogen-bond acceptors (Lipinski definition) is 2. The Morgan fingerprint density at radius 1 is 1.56 bits per heavy atom. The molecule has 1 atom stereocenters. The summed E-state index contributed by atoms with van der Waals surface area (Å²) >= 11 is 0. The molecule has 0 aromatic carbocycles. The van der Waals surface area contributed by atoms with Crippen LogP contribution >= 0.6 is 0 Å². The second-order valence-corrected chi connectivity index (χ2v) is 4.68. The summed E-state index contributed by atoms with van der Waals surface area (Å²) in [6.45, 7) is 3.49. The van der Waals surface area contributed by atoms with Crippen molar-refractivity contribution in [1.82, 2.24) is 0 Å². The lowest BCUT2D eigenvalue weighted by atomic mass is 10.2. The van der Waals surface area contributed by atoms with Gasteiger partial charge in [-0.3, -0.25) is 0 Å². The third kappa shape index (κ3) is 1.23. The van der Waals surface area contributed by atoms with Crippen molar-refractivity contribution in [3.63, 3.8) is 0 Å². The van der Waals surface area contributed by atoms with E-state index in [4.69, 9.17) is 0 Å². The second-order valence-electron chi connectivity index (χ2n) is 3.16. The van der Waals surface area contributed by atoms with Gasteiger partial charge in [0.25, 0.3) is 0 Å². The van der Waals surface area contributed by atoms with E-state index in [1.165, 1.54) is 0 Å². The van der Waals surface area contributed by atoms with Crippen molar-refractivity contribution < 1.29 is 12.3 Å². The lowest BCUT2D eigenvalue weighted by Gasteiger charge is -1.95. The summed E-state index contributed by atoms with van der Waals surface area (Å²) in [6.07, 6.45) is 0.464. The van der Waals surface area contributed by atoms with E-state index in [1.54, 1.807) is 13.8 Å². The zero-order valence-corrected chi connectivity index (χ0v) is 6.20. The van der Waals surface area contributed by atoms with Crippen molar-refractivity contribution in [1.29, 1.82) is 0 Å². The topological polar surface area (TPSA) is 34.1 Å². The van der Waals surface area contributed by atoms with Crippen LogP contribution < -0.4 is 0 Å². The molecule has 1 fully saturated rings. The van der Waals surface area contributed by atoms with Gasteiger partial charge in [0.2, 0.25) is 0 Å². The van der Waals surface area contributed by atoms with E-state index in [2.05, 4.69) is 0 Å². The van der Waals surface area contributed by atoms with Crippen molar-refractivity contribution in [2.75, 3.05) is 0 Å². The number of hydrogen-bond donors (Lipinski definition) is 0. The molecule has 1 unspecified atom stereocenters. The molecule has 0 saturated heterocycles. The molecule has 0 aliphatic heterocycles. The van der Waals surface area contributed by atoms with E-state index in [0.717, 1.165) is 0 Å². The third-order valence-corrected chi connectivity index (χ3v) is 3.25. The minimum absolute atomic E-state index is 0.312. The third-order valence-electron chi connectivity index (χ3n) is 1.76. The van der Waals surface area contributed by atoms with Crippen LogP contribution in [-0.4, -0.2) is 13.7 Å². The van der Waals surface area contributed by atoms with E-state index in [-0.39, 0.29) is 5.41 Å². The van der Waals surface area contributed by atoms with Gasteiger partial charge in [-0.05, 0) is 11.8 Å². The van der Waals surface area contributed by atoms with E-state index >= 15 is 0 Å². The van der Waals surface area contributed by atoms with Gasteiger partial charge in [0.15, 0.2) is 0 Å². The highest BCUT2D eigenvalue weighted by Gasteiger charge is 2.54. The molecule has 54 valence electrons. The van der Waals surface area contributed by atoms with Crippen molar-refractivity contribution in [2.24, 2.45) is 5.41 Å². The summed E-state index contributed by atoms with van der Waals surface area (Å²) in [5.74, 6) is 0. The Labute approximate surface area is 54.3 Å². The molecule has 0 aromatic rings. The largest absolute Gasteiger partial charge is 0.305 e. The Morgan fingerprint density at radius 3 is 1.89 bits per heavy atom. The first-order chi connectivity index (χ1) is 3.84. The predicted molar refractivity (Wildman–Crippen MR) is 32.2 cm³/mol. The zero-order valence-electron chi connectivity index (χ0n) is 5.39. The quantitative estimate of drug-likeness (QED) is 0.527. The van der Waals surface area contributed by atoms with Crippen molar-refractivity contribution in [2.45, 2.75) is 25.5 Å². The second kappa shape index (κ2) is 1.48. The van der Waals surface area contributed by atoms with Crippen LogP contribution in [0.2, 0.25) is 0 Å². The van der Waals surface area contributed by atoms with Crippen molar-refractivity contribution in [3.8, 4) is 0 Å². The fourth-order valence-electron chi connectivity index (χ4n) is 0.900. The average Bonchev–Trinajstić information content (AvgIpc) is 2.10. The van der Waals surface area contributed by atoms with E-state index in [9.17, 15) is 12.3 Å². The molecular formula is C5H9FO2S. The Balaban J connectivity index is 2.75. The molecule has 0 amide bonds.